The summed E-state index contributed by atoms with van der Waals surface area (Å²) in [4.78, 5) is 87.8. The van der Waals surface area contributed by atoms with Crippen molar-refractivity contribution >= 4 is 80.9 Å². The number of fused-ring (bicyclic) bond motifs is 2. The van der Waals surface area contributed by atoms with Gasteiger partial charge >= 0.3 is 65.2 Å². The molecule has 2 saturated heterocycles. The summed E-state index contributed by atoms with van der Waals surface area (Å²) in [5.74, 6) is -5.38. The molecule has 3 aliphatic heterocycles. The molecule has 5 heterocycles. The van der Waals surface area contributed by atoms with Crippen LogP contribution < -0.4 is 90.7 Å². The Morgan fingerprint density at radius 3 is 2.44 bits per heavy atom. The Kier molecular flexibility index (Phi) is 13.6. The molecule has 278 valence electrons. The van der Waals surface area contributed by atoms with Crippen molar-refractivity contribution in [3.8, 4) is 0 Å². The van der Waals surface area contributed by atoms with Gasteiger partial charge < -0.3 is 54.8 Å². The van der Waals surface area contributed by atoms with Crippen LogP contribution in [0.15, 0.2) is 44.9 Å². The molecule has 7 rings (SSSR count). The molecule has 0 bridgehead atoms. The number of carbonyl (C=O) groups excluding carboxylic acids is 5. The van der Waals surface area contributed by atoms with Crippen LogP contribution in [0.5, 0.6) is 0 Å². The van der Waals surface area contributed by atoms with Gasteiger partial charge in [0.2, 0.25) is 0 Å². The topological polar surface area (TPSA) is 245 Å². The molecule has 55 heavy (non-hydrogen) atoms. The summed E-state index contributed by atoms with van der Waals surface area (Å²) in [7, 11) is 0. The molecule has 4 aliphatic rings. The number of halogens is 1. The minimum atomic E-state index is -1.65. The maximum atomic E-state index is 15.4. The number of hydrogen-bond acceptors (Lipinski definition) is 16. The van der Waals surface area contributed by atoms with Crippen LogP contribution in [0.4, 0.5) is 20.0 Å². The number of thiazole rings is 1. The number of thioether (sulfide) groups is 1. The molecule has 3 fully saturated rings. The van der Waals surface area contributed by atoms with Crippen LogP contribution >= 0.6 is 23.1 Å². The number of pyridine rings is 1. The van der Waals surface area contributed by atoms with Gasteiger partial charge in [0.05, 0.1) is 40.1 Å². The van der Waals surface area contributed by atoms with E-state index in [0.29, 0.717) is 16.3 Å². The normalized spacial score (nSPS) is 19.3. The number of ether oxygens (including phenoxy) is 1. The van der Waals surface area contributed by atoms with E-state index in [1.54, 1.807) is 14.8 Å². The number of aliphatic carboxylic acids is 1. The zero-order valence-electron chi connectivity index (χ0n) is 29.5. The molecule has 1 aromatic carbocycles. The maximum absolute atomic E-state index is 15.4. The molecule has 3 N–H and O–H groups in total. The van der Waals surface area contributed by atoms with E-state index in [2.05, 4.69) is 15.5 Å². The molecule has 18 nitrogen and oxygen atoms in total. The standard InChI is InChI=1S/C32H31FN8O10S2.2Na/c33-20-7-18-21(40(17-1-2-17)10-19(26(18)43)29(45)46)8-22(20)38-3-5-39(6-4-38)32(49)50-11-15-13-52-28-24(27(44)41(28)25(15)30(47)48)37-23(42)9-35-51-12-16-14-53-31(34)36-16;;/h7-10,14,17,24,28H,1-6,11-13H2,(H2,34,36)(H,37,42)(H,45,46)(H,47,48);;/q;2*+1/p-2/t24-,28-;;/m1../s1. The number of oxime groups is 1. The Morgan fingerprint density at radius 1 is 1.07 bits per heavy atom. The molecule has 0 unspecified atom stereocenters. The number of anilines is 2. The number of hydrogen-bond donors (Lipinski definition) is 2. The fourth-order valence-electron chi connectivity index (χ4n) is 6.32. The molecule has 0 spiro atoms. The second kappa shape index (κ2) is 17.6. The molecule has 2 atom stereocenters. The first-order chi connectivity index (χ1) is 25.4. The van der Waals surface area contributed by atoms with E-state index >= 15 is 4.39 Å². The van der Waals surface area contributed by atoms with Crippen molar-refractivity contribution in [1.82, 2.24) is 24.7 Å². The second-order valence-corrected chi connectivity index (χ2v) is 14.5. The average molecular weight is 815 g/mol. The van der Waals surface area contributed by atoms with E-state index in [4.69, 9.17) is 15.3 Å². The summed E-state index contributed by atoms with van der Waals surface area (Å²) >= 11 is 2.38. The van der Waals surface area contributed by atoms with Crippen molar-refractivity contribution in [1.29, 1.82) is 0 Å². The molecule has 1 saturated carbocycles. The molecule has 3 amide bonds. The van der Waals surface area contributed by atoms with Crippen molar-refractivity contribution in [2.75, 3.05) is 49.2 Å². The van der Waals surface area contributed by atoms with Gasteiger partial charge in [-0.15, -0.1) is 23.1 Å². The fourth-order valence-corrected chi connectivity index (χ4v) is 8.20. The Hall–Kier alpha value is -3.70. The maximum Gasteiger partial charge on any atom is 1.00 e. The van der Waals surface area contributed by atoms with Gasteiger partial charge in [-0.25, -0.2) is 14.2 Å². The zero-order valence-corrected chi connectivity index (χ0v) is 35.2. The summed E-state index contributed by atoms with van der Waals surface area (Å²) in [6.07, 6.45) is 2.89. The second-order valence-electron chi connectivity index (χ2n) is 12.5. The molecule has 3 aromatic rings. The predicted octanol–water partition coefficient (Wildman–Crippen LogP) is -7.25. The van der Waals surface area contributed by atoms with Gasteiger partial charge in [0.25, 0.3) is 11.8 Å². The van der Waals surface area contributed by atoms with Crippen molar-refractivity contribution in [3.05, 3.63) is 62.3 Å². The van der Waals surface area contributed by atoms with Crippen molar-refractivity contribution in [3.63, 3.8) is 0 Å². The van der Waals surface area contributed by atoms with Crippen molar-refractivity contribution < 1.29 is 107 Å². The Bertz CT molecular complexity index is 2170. The summed E-state index contributed by atoms with van der Waals surface area (Å²) in [5, 5.41) is 30.9. The number of aromatic nitrogens is 2. The van der Waals surface area contributed by atoms with Crippen LogP contribution in [-0.2, 0) is 30.6 Å². The minimum Gasteiger partial charge on any atom is -0.545 e. The average Bonchev–Trinajstić information content (AvgIpc) is 3.90. The Balaban J connectivity index is 0.00000290. The summed E-state index contributed by atoms with van der Waals surface area (Å²) in [5.41, 5.74) is 4.98. The van der Waals surface area contributed by atoms with Crippen LogP contribution in [0.2, 0.25) is 0 Å². The smallest absolute Gasteiger partial charge is 0.545 e. The van der Waals surface area contributed by atoms with E-state index in [9.17, 15) is 39.0 Å². The van der Waals surface area contributed by atoms with Gasteiger partial charge in [-0.3, -0.25) is 19.3 Å². The summed E-state index contributed by atoms with van der Waals surface area (Å²) in [6.45, 7) is 0.171. The van der Waals surface area contributed by atoms with Crippen LogP contribution in [0.3, 0.4) is 0 Å². The number of nitrogen functional groups attached to an aromatic ring is 1. The third kappa shape index (κ3) is 8.83. The molecular weight excluding hydrogens is 786 g/mol. The van der Waals surface area contributed by atoms with Crippen LogP contribution in [0, 0.1) is 5.82 Å². The number of rotatable bonds is 11. The van der Waals surface area contributed by atoms with Crippen LogP contribution in [0.1, 0.15) is 34.9 Å². The van der Waals surface area contributed by atoms with Crippen LogP contribution in [-0.4, -0.2) is 105 Å². The quantitative estimate of drug-likeness (QED) is 0.0791. The number of nitrogens with two attached hydrogens (primary N) is 1. The van der Waals surface area contributed by atoms with Crippen molar-refractivity contribution in [2.24, 2.45) is 5.16 Å². The Labute approximate surface area is 363 Å². The number of benzene rings is 1. The number of carboxylic acid groups (broad SMARTS) is 2. The SMILES string of the molecule is Nc1nc(CON=CC(=O)N[C@@H]2C(=O)N3C(C(=O)[O-])=C(COC(=O)N4CCN(c5cc6c(cc5F)c(=O)c(C(=O)[O-])cn6C5CC5)CC4)CS[C@H]23)cs1.[Na+].[Na+]. The number of amides is 3. The number of β-lactam (4-membered cyclic amide) rings is 1. The van der Waals surface area contributed by atoms with Gasteiger partial charge in [-0.2, -0.15) is 0 Å². The Morgan fingerprint density at radius 2 is 1.80 bits per heavy atom. The monoisotopic (exact) mass is 814 g/mol. The van der Waals surface area contributed by atoms with Gasteiger partial charge in [0.15, 0.2) is 17.2 Å². The van der Waals surface area contributed by atoms with E-state index < -0.39 is 70.4 Å². The number of nitrogens with zero attached hydrogens (tertiary/aromatic N) is 6. The first-order valence-electron chi connectivity index (χ1n) is 16.2. The molecular formula is C32H29FN8Na2O10S2. The van der Waals surface area contributed by atoms with Gasteiger partial charge in [-0.05, 0) is 25.0 Å². The third-order valence-corrected chi connectivity index (χ3v) is 11.1. The number of aromatic carboxylic acids is 1. The van der Waals surface area contributed by atoms with E-state index in [1.165, 1.54) is 40.3 Å². The zero-order chi connectivity index (χ0) is 37.6. The van der Waals surface area contributed by atoms with Gasteiger partial charge in [0, 0.05) is 60.5 Å². The van der Waals surface area contributed by atoms with Gasteiger partial charge in [0.1, 0.15) is 30.1 Å². The molecule has 0 radical (unpaired) electrons. The van der Waals surface area contributed by atoms with E-state index in [0.717, 1.165) is 30.0 Å². The van der Waals surface area contributed by atoms with Crippen molar-refractivity contribution in [2.45, 2.75) is 36.9 Å². The third-order valence-electron chi connectivity index (χ3n) is 9.07. The number of carboxylic acids is 2. The molecule has 23 heteroatoms. The van der Waals surface area contributed by atoms with E-state index in [1.807, 2.05) is 0 Å². The largest absolute Gasteiger partial charge is 1.00 e. The number of piperazine rings is 1. The summed E-state index contributed by atoms with van der Waals surface area (Å²) in [6, 6.07) is 1.48. The van der Waals surface area contributed by atoms with Gasteiger partial charge in [-0.1, -0.05) is 5.16 Å². The fraction of sp³-hybridized carbons (Fsp3) is 0.375. The summed E-state index contributed by atoms with van der Waals surface area (Å²) < 4.78 is 22.5. The minimum absolute atomic E-state index is 0. The predicted molar refractivity (Wildman–Crippen MR) is 183 cm³/mol. The van der Waals surface area contributed by atoms with Crippen LogP contribution in [0.25, 0.3) is 10.9 Å². The first kappa shape index (κ1) is 42.4. The molecule has 2 aromatic heterocycles. The number of carbonyl (C=O) groups is 5. The first-order valence-corrected chi connectivity index (χ1v) is 18.1. The van der Waals surface area contributed by atoms with E-state index in [-0.39, 0.29) is 120 Å². The molecule has 1 aliphatic carbocycles. The number of nitrogens with one attached hydrogen (secondary N) is 1.